The van der Waals surface area contributed by atoms with Gasteiger partial charge in [-0.25, -0.2) is 9.78 Å². The molecule has 3 N–H and O–H groups in total. The van der Waals surface area contributed by atoms with Gasteiger partial charge in [0.2, 0.25) is 5.91 Å². The minimum absolute atomic E-state index is 0.0107. The van der Waals surface area contributed by atoms with Gasteiger partial charge in [0.1, 0.15) is 17.8 Å². The van der Waals surface area contributed by atoms with Crippen LogP contribution in [0.2, 0.25) is 0 Å². The van der Waals surface area contributed by atoms with Crippen LogP contribution in [0.3, 0.4) is 0 Å². The lowest BCUT2D eigenvalue weighted by molar-refractivity contribution is -0.143. The zero-order chi connectivity index (χ0) is 21.3. The lowest BCUT2D eigenvalue weighted by Crippen LogP contribution is -2.55. The van der Waals surface area contributed by atoms with Crippen molar-refractivity contribution in [2.45, 2.75) is 82.7 Å². The Balaban J connectivity index is 1.69. The van der Waals surface area contributed by atoms with Gasteiger partial charge in [-0.2, -0.15) is 0 Å². The molecular formula is C22H32N4O4. The summed E-state index contributed by atoms with van der Waals surface area (Å²) in [6.07, 6.45) is 14.9. The fourth-order valence-electron chi connectivity index (χ4n) is 4.74. The maximum atomic E-state index is 13.1. The molecule has 2 unspecified atom stereocenters. The van der Waals surface area contributed by atoms with Gasteiger partial charge in [-0.1, -0.05) is 51.4 Å². The van der Waals surface area contributed by atoms with Crippen molar-refractivity contribution >= 4 is 17.8 Å². The highest BCUT2D eigenvalue weighted by Gasteiger charge is 2.34. The van der Waals surface area contributed by atoms with Crippen molar-refractivity contribution in [2.75, 3.05) is 0 Å². The number of carboxylic acid groups (broad SMARTS) is 1. The Morgan fingerprint density at radius 1 is 0.967 bits per heavy atom. The van der Waals surface area contributed by atoms with Crippen LogP contribution in [-0.2, 0) is 9.59 Å². The van der Waals surface area contributed by atoms with Gasteiger partial charge in [0.05, 0.1) is 6.20 Å². The van der Waals surface area contributed by atoms with Crippen LogP contribution in [0.5, 0.6) is 0 Å². The van der Waals surface area contributed by atoms with E-state index in [1.165, 1.54) is 25.0 Å². The molecule has 0 radical (unpaired) electrons. The predicted molar refractivity (Wildman–Crippen MR) is 111 cm³/mol. The third-order valence-electron chi connectivity index (χ3n) is 6.39. The second-order valence-electron chi connectivity index (χ2n) is 8.58. The molecule has 2 fully saturated rings. The molecule has 2 amide bonds. The molecular weight excluding hydrogens is 384 g/mol. The van der Waals surface area contributed by atoms with E-state index in [1.54, 1.807) is 0 Å². The summed E-state index contributed by atoms with van der Waals surface area (Å²) in [5.74, 6) is -1.59. The molecule has 1 aromatic rings. The molecule has 8 nitrogen and oxygen atoms in total. The monoisotopic (exact) mass is 416 g/mol. The average Bonchev–Trinajstić information content (AvgIpc) is 2.78. The van der Waals surface area contributed by atoms with Crippen LogP contribution in [0.4, 0.5) is 0 Å². The third-order valence-corrected chi connectivity index (χ3v) is 6.39. The Bertz CT molecular complexity index is 715. The largest absolute Gasteiger partial charge is 0.480 e. The minimum atomic E-state index is -1.02. The second-order valence-corrected chi connectivity index (χ2v) is 8.58. The smallest absolute Gasteiger partial charge is 0.326 e. The molecule has 164 valence electrons. The Morgan fingerprint density at radius 2 is 1.63 bits per heavy atom. The standard InChI is InChI=1S/C22H32N4O4/c27-20(18-14-23-11-12-24-18)26-19(16-9-5-2-6-10-16)21(28)25-17(22(29)30)13-15-7-3-1-4-8-15/h11-12,14-17,19H,1-10,13H2,(H,25,28)(H,26,27)(H,29,30). The summed E-state index contributed by atoms with van der Waals surface area (Å²) < 4.78 is 0. The summed E-state index contributed by atoms with van der Waals surface area (Å²) in [7, 11) is 0. The maximum absolute atomic E-state index is 13.1. The van der Waals surface area contributed by atoms with Crippen molar-refractivity contribution in [3.63, 3.8) is 0 Å². The predicted octanol–water partition coefficient (Wildman–Crippen LogP) is 2.70. The van der Waals surface area contributed by atoms with Crippen LogP contribution in [-0.4, -0.2) is 44.9 Å². The highest BCUT2D eigenvalue weighted by Crippen LogP contribution is 2.29. The van der Waals surface area contributed by atoms with Gasteiger partial charge in [0.25, 0.3) is 5.91 Å². The zero-order valence-electron chi connectivity index (χ0n) is 17.4. The van der Waals surface area contributed by atoms with E-state index in [2.05, 4.69) is 20.6 Å². The van der Waals surface area contributed by atoms with Gasteiger partial charge in [0.15, 0.2) is 0 Å². The number of carboxylic acids is 1. The van der Waals surface area contributed by atoms with Crippen LogP contribution in [0.15, 0.2) is 18.6 Å². The van der Waals surface area contributed by atoms with E-state index in [-0.39, 0.29) is 11.6 Å². The topological polar surface area (TPSA) is 121 Å². The first kappa shape index (κ1) is 22.2. The van der Waals surface area contributed by atoms with Crippen LogP contribution in [0, 0.1) is 11.8 Å². The lowest BCUT2D eigenvalue weighted by Gasteiger charge is -2.31. The number of amides is 2. The van der Waals surface area contributed by atoms with Crippen molar-refractivity contribution < 1.29 is 19.5 Å². The number of aliphatic carboxylic acids is 1. The molecule has 2 atom stereocenters. The molecule has 0 saturated heterocycles. The molecule has 0 aliphatic heterocycles. The fraction of sp³-hybridized carbons (Fsp3) is 0.682. The van der Waals surface area contributed by atoms with E-state index in [1.807, 2.05) is 0 Å². The Labute approximate surface area is 177 Å². The molecule has 2 aliphatic carbocycles. The van der Waals surface area contributed by atoms with E-state index < -0.39 is 29.9 Å². The minimum Gasteiger partial charge on any atom is -0.480 e. The summed E-state index contributed by atoms with van der Waals surface area (Å²) >= 11 is 0. The first-order valence-electron chi connectivity index (χ1n) is 11.1. The second kappa shape index (κ2) is 11.0. The molecule has 2 saturated carbocycles. The summed E-state index contributed by atoms with van der Waals surface area (Å²) in [5.41, 5.74) is 0.142. The summed E-state index contributed by atoms with van der Waals surface area (Å²) in [4.78, 5) is 45.5. The summed E-state index contributed by atoms with van der Waals surface area (Å²) in [6.45, 7) is 0. The van der Waals surface area contributed by atoms with Crippen molar-refractivity contribution in [1.29, 1.82) is 0 Å². The van der Waals surface area contributed by atoms with Crippen LogP contribution in [0.1, 0.15) is 81.1 Å². The van der Waals surface area contributed by atoms with Gasteiger partial charge in [-0.15, -0.1) is 0 Å². The number of carbonyl (C=O) groups is 3. The van der Waals surface area contributed by atoms with Crippen molar-refractivity contribution in [2.24, 2.45) is 11.8 Å². The van der Waals surface area contributed by atoms with E-state index in [9.17, 15) is 19.5 Å². The molecule has 1 heterocycles. The van der Waals surface area contributed by atoms with E-state index in [0.717, 1.165) is 57.8 Å². The maximum Gasteiger partial charge on any atom is 0.326 e. The van der Waals surface area contributed by atoms with E-state index in [4.69, 9.17) is 0 Å². The first-order valence-corrected chi connectivity index (χ1v) is 11.1. The Hall–Kier alpha value is -2.51. The van der Waals surface area contributed by atoms with E-state index in [0.29, 0.717) is 12.3 Å². The summed E-state index contributed by atoms with van der Waals surface area (Å²) in [6, 6.07) is -1.70. The number of carbonyl (C=O) groups excluding carboxylic acids is 2. The number of rotatable bonds is 8. The number of nitrogens with one attached hydrogen (secondary N) is 2. The third kappa shape index (κ3) is 6.24. The van der Waals surface area contributed by atoms with Crippen LogP contribution in [0.25, 0.3) is 0 Å². The molecule has 8 heteroatoms. The van der Waals surface area contributed by atoms with Crippen LogP contribution >= 0.6 is 0 Å². The number of nitrogens with zero attached hydrogens (tertiary/aromatic N) is 2. The normalized spacial score (nSPS) is 20.1. The van der Waals surface area contributed by atoms with Gasteiger partial charge in [0, 0.05) is 12.4 Å². The fourth-order valence-corrected chi connectivity index (χ4v) is 4.74. The molecule has 0 spiro atoms. The molecule has 30 heavy (non-hydrogen) atoms. The number of aromatic nitrogens is 2. The number of hydrogen-bond acceptors (Lipinski definition) is 5. The van der Waals surface area contributed by atoms with Gasteiger partial charge in [-0.05, 0) is 31.1 Å². The SMILES string of the molecule is O=C(NC(C(=O)NC(CC1CCCCC1)C(=O)O)C1CCCCC1)c1cnccn1. The molecule has 2 aliphatic rings. The summed E-state index contributed by atoms with van der Waals surface area (Å²) in [5, 5.41) is 15.2. The zero-order valence-corrected chi connectivity index (χ0v) is 17.4. The van der Waals surface area contributed by atoms with Gasteiger partial charge < -0.3 is 15.7 Å². The number of hydrogen-bond donors (Lipinski definition) is 3. The van der Waals surface area contributed by atoms with Crippen molar-refractivity contribution in [1.82, 2.24) is 20.6 Å². The van der Waals surface area contributed by atoms with E-state index >= 15 is 0 Å². The Morgan fingerprint density at radius 3 is 2.23 bits per heavy atom. The lowest BCUT2D eigenvalue weighted by atomic mass is 9.82. The van der Waals surface area contributed by atoms with Crippen molar-refractivity contribution in [3.8, 4) is 0 Å². The van der Waals surface area contributed by atoms with Gasteiger partial charge >= 0.3 is 5.97 Å². The molecule has 1 aromatic heterocycles. The average molecular weight is 417 g/mol. The molecule has 3 rings (SSSR count). The Kier molecular flexibility index (Phi) is 8.16. The molecule has 0 aromatic carbocycles. The van der Waals surface area contributed by atoms with Gasteiger partial charge in [-0.3, -0.25) is 14.6 Å². The highest BCUT2D eigenvalue weighted by molar-refractivity contribution is 5.96. The highest BCUT2D eigenvalue weighted by atomic mass is 16.4. The quantitative estimate of drug-likeness (QED) is 0.599. The van der Waals surface area contributed by atoms with Crippen molar-refractivity contribution in [3.05, 3.63) is 24.3 Å². The molecule has 0 bridgehead atoms. The first-order chi connectivity index (χ1) is 14.5. The van der Waals surface area contributed by atoms with Crippen LogP contribution < -0.4 is 10.6 Å².